The Morgan fingerprint density at radius 2 is 1.76 bits per heavy atom. The van der Waals surface area contributed by atoms with Crippen LogP contribution in [-0.2, 0) is 6.42 Å². The molecule has 0 aliphatic carbocycles. The van der Waals surface area contributed by atoms with Gasteiger partial charge in [0.25, 0.3) is 0 Å². The summed E-state index contributed by atoms with van der Waals surface area (Å²) in [4.78, 5) is 6.84. The summed E-state index contributed by atoms with van der Waals surface area (Å²) in [5.74, 6) is 1.82. The average Bonchev–Trinajstić information content (AvgIpc) is 2.62. The second-order valence-corrected chi connectivity index (χ2v) is 6.89. The van der Waals surface area contributed by atoms with E-state index in [1.807, 2.05) is 33.0 Å². The molecule has 0 atom stereocenters. The van der Waals surface area contributed by atoms with Crippen molar-refractivity contribution in [1.29, 1.82) is 0 Å². The molecule has 25 heavy (non-hydrogen) atoms. The summed E-state index contributed by atoms with van der Waals surface area (Å²) < 4.78 is 5.67. The van der Waals surface area contributed by atoms with Gasteiger partial charge in [0.15, 0.2) is 5.96 Å². The molecule has 2 N–H and O–H groups in total. The molecule has 1 fully saturated rings. The third-order valence-corrected chi connectivity index (χ3v) is 4.39. The summed E-state index contributed by atoms with van der Waals surface area (Å²) in [6.45, 7) is 9.48. The van der Waals surface area contributed by atoms with Gasteiger partial charge in [-0.05, 0) is 63.9 Å². The molecule has 1 aromatic carbocycles. The highest BCUT2D eigenvalue weighted by molar-refractivity contribution is 5.79. The zero-order chi connectivity index (χ0) is 17.9. The predicted octanol–water partition coefficient (Wildman–Crippen LogP) is 2.67. The van der Waals surface area contributed by atoms with E-state index in [-0.39, 0.29) is 6.10 Å². The lowest BCUT2D eigenvalue weighted by atomic mass is 10.1. The molecule has 5 heteroatoms. The standard InChI is InChI=1S/C20H34N4O/c1-17(2)25-19-9-7-18(8-10-19)11-12-22-20(21-3)23-13-16-24-14-5-4-6-15-24/h7-10,17H,4-6,11-16H2,1-3H3,(H2,21,22,23). The van der Waals surface area contributed by atoms with E-state index >= 15 is 0 Å². The van der Waals surface area contributed by atoms with Crippen LogP contribution >= 0.6 is 0 Å². The number of ether oxygens (including phenoxy) is 1. The Bertz CT molecular complexity index is 507. The molecule has 0 amide bonds. The van der Waals surface area contributed by atoms with Crippen molar-refractivity contribution >= 4 is 5.96 Å². The van der Waals surface area contributed by atoms with Gasteiger partial charge in [-0.25, -0.2) is 0 Å². The van der Waals surface area contributed by atoms with Gasteiger partial charge in [0.05, 0.1) is 6.10 Å². The van der Waals surface area contributed by atoms with Crippen LogP contribution in [0.4, 0.5) is 0 Å². The number of piperidine rings is 1. The summed E-state index contributed by atoms with van der Waals surface area (Å²) >= 11 is 0. The summed E-state index contributed by atoms with van der Waals surface area (Å²) in [6.07, 6.45) is 5.25. The van der Waals surface area contributed by atoms with Crippen molar-refractivity contribution in [2.75, 3.05) is 39.8 Å². The Kier molecular flexibility index (Phi) is 8.60. The summed E-state index contributed by atoms with van der Waals surface area (Å²) in [6, 6.07) is 8.35. The van der Waals surface area contributed by atoms with Crippen molar-refractivity contribution in [2.45, 2.75) is 45.6 Å². The molecule has 1 saturated heterocycles. The Morgan fingerprint density at radius 1 is 1.08 bits per heavy atom. The van der Waals surface area contributed by atoms with Gasteiger partial charge < -0.3 is 20.3 Å². The van der Waals surface area contributed by atoms with Crippen molar-refractivity contribution < 1.29 is 4.74 Å². The number of likely N-dealkylation sites (tertiary alicyclic amines) is 1. The normalized spacial score (nSPS) is 16.1. The van der Waals surface area contributed by atoms with E-state index in [0.717, 1.165) is 37.8 Å². The minimum atomic E-state index is 0.215. The highest BCUT2D eigenvalue weighted by Crippen LogP contribution is 2.14. The van der Waals surface area contributed by atoms with E-state index in [2.05, 4.69) is 32.7 Å². The molecule has 0 spiro atoms. The number of hydrogen-bond acceptors (Lipinski definition) is 3. The summed E-state index contributed by atoms with van der Waals surface area (Å²) in [7, 11) is 1.83. The maximum Gasteiger partial charge on any atom is 0.191 e. The monoisotopic (exact) mass is 346 g/mol. The highest BCUT2D eigenvalue weighted by atomic mass is 16.5. The van der Waals surface area contributed by atoms with Gasteiger partial charge in [-0.15, -0.1) is 0 Å². The molecule has 0 radical (unpaired) electrons. The van der Waals surface area contributed by atoms with Gasteiger partial charge in [0.2, 0.25) is 0 Å². The Hall–Kier alpha value is -1.75. The summed E-state index contributed by atoms with van der Waals surface area (Å²) in [5, 5.41) is 6.80. The van der Waals surface area contributed by atoms with Crippen molar-refractivity contribution in [2.24, 2.45) is 4.99 Å². The van der Waals surface area contributed by atoms with Crippen LogP contribution in [0.1, 0.15) is 38.7 Å². The number of nitrogens with one attached hydrogen (secondary N) is 2. The first kappa shape index (κ1) is 19.6. The van der Waals surface area contributed by atoms with Gasteiger partial charge in [-0.2, -0.15) is 0 Å². The fourth-order valence-corrected chi connectivity index (χ4v) is 3.07. The van der Waals surface area contributed by atoms with E-state index in [1.54, 1.807) is 0 Å². The molecule has 1 heterocycles. The number of benzene rings is 1. The molecular weight excluding hydrogens is 312 g/mol. The average molecular weight is 347 g/mol. The predicted molar refractivity (Wildman–Crippen MR) is 106 cm³/mol. The van der Waals surface area contributed by atoms with E-state index < -0.39 is 0 Å². The molecule has 1 aromatic rings. The molecular formula is C20H34N4O. The van der Waals surface area contributed by atoms with E-state index in [0.29, 0.717) is 0 Å². The van der Waals surface area contributed by atoms with Crippen molar-refractivity contribution in [3.05, 3.63) is 29.8 Å². The highest BCUT2D eigenvalue weighted by Gasteiger charge is 2.09. The van der Waals surface area contributed by atoms with Crippen LogP contribution in [0, 0.1) is 0 Å². The maximum absolute atomic E-state index is 5.67. The lowest BCUT2D eigenvalue weighted by Crippen LogP contribution is -2.43. The zero-order valence-corrected chi connectivity index (χ0v) is 16.1. The minimum absolute atomic E-state index is 0.215. The lowest BCUT2D eigenvalue weighted by molar-refractivity contribution is 0.232. The zero-order valence-electron chi connectivity index (χ0n) is 16.1. The number of nitrogens with zero attached hydrogens (tertiary/aromatic N) is 2. The molecule has 1 aliphatic heterocycles. The van der Waals surface area contributed by atoms with Crippen LogP contribution in [-0.4, -0.2) is 56.7 Å². The molecule has 140 valence electrons. The lowest BCUT2D eigenvalue weighted by Gasteiger charge is -2.26. The first-order valence-electron chi connectivity index (χ1n) is 9.60. The number of guanidine groups is 1. The Morgan fingerprint density at radius 3 is 2.40 bits per heavy atom. The van der Waals surface area contributed by atoms with E-state index in [1.165, 1.54) is 37.9 Å². The van der Waals surface area contributed by atoms with Crippen LogP contribution in [0.3, 0.4) is 0 Å². The smallest absolute Gasteiger partial charge is 0.191 e. The van der Waals surface area contributed by atoms with E-state index in [9.17, 15) is 0 Å². The van der Waals surface area contributed by atoms with Crippen LogP contribution in [0.15, 0.2) is 29.3 Å². The Balaban J connectivity index is 1.63. The van der Waals surface area contributed by atoms with Crippen molar-refractivity contribution in [1.82, 2.24) is 15.5 Å². The van der Waals surface area contributed by atoms with Gasteiger partial charge in [0.1, 0.15) is 5.75 Å². The molecule has 0 unspecified atom stereocenters. The maximum atomic E-state index is 5.67. The second-order valence-electron chi connectivity index (χ2n) is 6.89. The van der Waals surface area contributed by atoms with Crippen LogP contribution in [0.2, 0.25) is 0 Å². The van der Waals surface area contributed by atoms with Gasteiger partial charge >= 0.3 is 0 Å². The van der Waals surface area contributed by atoms with Gasteiger partial charge in [-0.1, -0.05) is 18.6 Å². The molecule has 0 aromatic heterocycles. The fourth-order valence-electron chi connectivity index (χ4n) is 3.07. The molecule has 5 nitrogen and oxygen atoms in total. The molecule has 2 rings (SSSR count). The van der Waals surface area contributed by atoms with Crippen molar-refractivity contribution in [3.63, 3.8) is 0 Å². The van der Waals surface area contributed by atoms with Crippen LogP contribution in [0.5, 0.6) is 5.75 Å². The number of aliphatic imine (C=N–C) groups is 1. The first-order chi connectivity index (χ1) is 12.2. The van der Waals surface area contributed by atoms with Gasteiger partial charge in [-0.3, -0.25) is 4.99 Å². The quantitative estimate of drug-likeness (QED) is 0.561. The van der Waals surface area contributed by atoms with Crippen LogP contribution in [0.25, 0.3) is 0 Å². The third-order valence-electron chi connectivity index (χ3n) is 4.39. The summed E-state index contributed by atoms with van der Waals surface area (Å²) in [5.41, 5.74) is 1.30. The SMILES string of the molecule is CN=C(NCCc1ccc(OC(C)C)cc1)NCCN1CCCCC1. The molecule has 0 bridgehead atoms. The van der Waals surface area contributed by atoms with Crippen LogP contribution < -0.4 is 15.4 Å². The Labute approximate surface area is 152 Å². The third kappa shape index (κ3) is 7.78. The fraction of sp³-hybridized carbons (Fsp3) is 0.650. The van der Waals surface area contributed by atoms with E-state index in [4.69, 9.17) is 4.74 Å². The second kappa shape index (κ2) is 11.0. The number of rotatable bonds is 8. The van der Waals surface area contributed by atoms with Gasteiger partial charge in [0, 0.05) is 26.7 Å². The molecule has 0 saturated carbocycles. The first-order valence-corrected chi connectivity index (χ1v) is 9.60. The number of hydrogen-bond donors (Lipinski definition) is 2. The minimum Gasteiger partial charge on any atom is -0.491 e. The van der Waals surface area contributed by atoms with Crippen molar-refractivity contribution in [3.8, 4) is 5.75 Å². The molecule has 1 aliphatic rings. The topological polar surface area (TPSA) is 48.9 Å². The largest absolute Gasteiger partial charge is 0.491 e.